The first-order chi connectivity index (χ1) is 11.6. The molecule has 3 heterocycles. The van der Waals surface area contributed by atoms with Crippen LogP contribution in [0.25, 0.3) is 22.9 Å². The lowest BCUT2D eigenvalue weighted by atomic mass is 10.1. The third kappa shape index (κ3) is 2.62. The number of hydrogen-bond acceptors (Lipinski definition) is 2. The molecule has 0 N–H and O–H groups in total. The minimum absolute atomic E-state index is 0.272. The summed E-state index contributed by atoms with van der Waals surface area (Å²) in [5, 5.41) is 1.80. The molecule has 4 rings (SSSR count). The molecule has 24 heavy (non-hydrogen) atoms. The van der Waals surface area contributed by atoms with E-state index in [1.165, 1.54) is 5.56 Å². The summed E-state index contributed by atoms with van der Waals surface area (Å²) in [6.07, 6.45) is 5.66. The number of likely N-dealkylation sites (N-methyl/N-ethyl adjacent to an activating group) is 1. The smallest absolute Gasteiger partial charge is 0.147 e. The van der Waals surface area contributed by atoms with Crippen molar-refractivity contribution in [3.05, 3.63) is 64.6 Å². The number of benzene rings is 1. The van der Waals surface area contributed by atoms with Crippen molar-refractivity contribution in [2.24, 2.45) is 0 Å². The fourth-order valence-electron chi connectivity index (χ4n) is 3.35. The highest BCUT2D eigenvalue weighted by Gasteiger charge is 2.22. The molecular weight excluding hydrogens is 325 g/mol. The molecule has 5 heteroatoms. The van der Waals surface area contributed by atoms with Gasteiger partial charge in [0.15, 0.2) is 0 Å². The van der Waals surface area contributed by atoms with Gasteiger partial charge in [0.25, 0.3) is 0 Å². The van der Waals surface area contributed by atoms with Crippen molar-refractivity contribution in [1.29, 1.82) is 0 Å². The summed E-state index contributed by atoms with van der Waals surface area (Å²) in [6, 6.07) is 9.15. The Labute approximate surface area is 145 Å². The molecule has 2 aromatic heterocycles. The summed E-state index contributed by atoms with van der Waals surface area (Å²) < 4.78 is 16.7. The topological polar surface area (TPSA) is 21.1 Å². The zero-order valence-corrected chi connectivity index (χ0v) is 14.1. The van der Waals surface area contributed by atoms with Gasteiger partial charge in [-0.1, -0.05) is 11.6 Å². The Kier molecular flexibility index (Phi) is 3.87. The second-order valence-corrected chi connectivity index (χ2v) is 6.59. The maximum Gasteiger partial charge on any atom is 0.147 e. The molecule has 1 aliphatic rings. The van der Waals surface area contributed by atoms with Gasteiger partial charge in [-0.2, -0.15) is 0 Å². The first-order valence-corrected chi connectivity index (χ1v) is 8.29. The average Bonchev–Trinajstić information content (AvgIpc) is 2.88. The van der Waals surface area contributed by atoms with Gasteiger partial charge in [0, 0.05) is 59.8 Å². The number of hydrogen-bond donors (Lipinski definition) is 0. The molecule has 1 aliphatic heterocycles. The third-order valence-electron chi connectivity index (χ3n) is 4.54. The lowest BCUT2D eigenvalue weighted by Gasteiger charge is -2.23. The normalized spacial score (nSPS) is 15.7. The van der Waals surface area contributed by atoms with Gasteiger partial charge in [0.1, 0.15) is 5.83 Å². The second kappa shape index (κ2) is 6.04. The first kappa shape index (κ1) is 15.4. The van der Waals surface area contributed by atoms with E-state index in [1.54, 1.807) is 30.7 Å². The predicted octanol–water partition coefficient (Wildman–Crippen LogP) is 4.60. The van der Waals surface area contributed by atoms with E-state index in [1.807, 2.05) is 22.8 Å². The van der Waals surface area contributed by atoms with Crippen molar-refractivity contribution in [1.82, 2.24) is 14.5 Å². The molecule has 3 nitrogen and oxygen atoms in total. The number of halogens is 2. The summed E-state index contributed by atoms with van der Waals surface area (Å²) in [4.78, 5) is 6.22. The lowest BCUT2D eigenvalue weighted by Crippen LogP contribution is -2.26. The van der Waals surface area contributed by atoms with E-state index in [9.17, 15) is 4.39 Å². The van der Waals surface area contributed by atoms with Crippen LogP contribution in [0.5, 0.6) is 0 Å². The number of pyridine rings is 1. The standard InChI is InChI=1S/C19H17ClFN3/c1-23-9-6-19-16(11-23)15-10-14(20)2-3-18(15)24(19)12-17(21)13-4-7-22-8-5-13/h2-5,7-8,10,12H,6,9,11H2,1H3. The zero-order chi connectivity index (χ0) is 16.7. The van der Waals surface area contributed by atoms with Crippen LogP contribution in [0.4, 0.5) is 4.39 Å². The van der Waals surface area contributed by atoms with E-state index < -0.39 is 0 Å². The number of aromatic nitrogens is 2. The summed E-state index contributed by atoms with van der Waals surface area (Å²) in [7, 11) is 2.10. The van der Waals surface area contributed by atoms with Crippen LogP contribution in [-0.4, -0.2) is 28.0 Å². The maximum absolute atomic E-state index is 14.7. The van der Waals surface area contributed by atoms with E-state index in [0.717, 1.165) is 36.1 Å². The third-order valence-corrected chi connectivity index (χ3v) is 4.77. The van der Waals surface area contributed by atoms with Crippen molar-refractivity contribution in [3.63, 3.8) is 0 Å². The van der Waals surface area contributed by atoms with Gasteiger partial charge in [0.05, 0.1) is 5.52 Å². The van der Waals surface area contributed by atoms with E-state index in [2.05, 4.69) is 16.9 Å². The summed E-state index contributed by atoms with van der Waals surface area (Å²) in [5.41, 5.74) is 3.92. The van der Waals surface area contributed by atoms with Crippen molar-refractivity contribution >= 4 is 34.5 Å². The van der Waals surface area contributed by atoms with Crippen LogP contribution in [0, 0.1) is 0 Å². The van der Waals surface area contributed by atoms with Crippen LogP contribution in [0.1, 0.15) is 16.8 Å². The van der Waals surface area contributed by atoms with Crippen molar-refractivity contribution in [2.75, 3.05) is 13.6 Å². The number of nitrogens with zero attached hydrogens (tertiary/aromatic N) is 3. The Morgan fingerprint density at radius 2 is 2.04 bits per heavy atom. The van der Waals surface area contributed by atoms with Crippen LogP contribution >= 0.6 is 11.6 Å². The molecule has 122 valence electrons. The van der Waals surface area contributed by atoms with Gasteiger partial charge in [-0.25, -0.2) is 4.39 Å². The zero-order valence-electron chi connectivity index (χ0n) is 13.3. The SMILES string of the molecule is CN1CCc2c(c3cc(Cl)ccc3n2C=C(F)c2ccncc2)C1. The molecule has 0 spiro atoms. The summed E-state index contributed by atoms with van der Waals surface area (Å²) >= 11 is 6.19. The molecule has 0 saturated heterocycles. The highest BCUT2D eigenvalue weighted by molar-refractivity contribution is 6.31. The molecule has 0 aliphatic carbocycles. The summed E-state index contributed by atoms with van der Waals surface area (Å²) in [5.74, 6) is -0.272. The molecule has 0 unspecified atom stereocenters. The van der Waals surface area contributed by atoms with E-state index in [-0.39, 0.29) is 5.83 Å². The fourth-order valence-corrected chi connectivity index (χ4v) is 3.52. The highest BCUT2D eigenvalue weighted by atomic mass is 35.5. The van der Waals surface area contributed by atoms with Crippen LogP contribution in [0.2, 0.25) is 5.02 Å². The van der Waals surface area contributed by atoms with Crippen LogP contribution < -0.4 is 0 Å². The predicted molar refractivity (Wildman–Crippen MR) is 96.5 cm³/mol. The molecule has 0 radical (unpaired) electrons. The van der Waals surface area contributed by atoms with Gasteiger partial charge in [-0.15, -0.1) is 0 Å². The van der Waals surface area contributed by atoms with Crippen LogP contribution in [0.3, 0.4) is 0 Å². The monoisotopic (exact) mass is 341 g/mol. The average molecular weight is 342 g/mol. The van der Waals surface area contributed by atoms with Crippen LogP contribution in [-0.2, 0) is 13.0 Å². The molecular formula is C19H17ClFN3. The van der Waals surface area contributed by atoms with Gasteiger partial charge in [0.2, 0.25) is 0 Å². The summed E-state index contributed by atoms with van der Waals surface area (Å²) in [6.45, 7) is 1.81. The molecule has 1 aromatic carbocycles. The van der Waals surface area contributed by atoms with Gasteiger partial charge < -0.3 is 9.47 Å². The Balaban J connectivity index is 1.92. The van der Waals surface area contributed by atoms with Gasteiger partial charge in [-0.05, 0) is 42.9 Å². The van der Waals surface area contributed by atoms with Gasteiger partial charge in [-0.3, -0.25) is 4.98 Å². The second-order valence-electron chi connectivity index (χ2n) is 6.16. The Bertz CT molecular complexity index is 931. The molecule has 0 bridgehead atoms. The van der Waals surface area contributed by atoms with E-state index >= 15 is 0 Å². The molecule has 0 atom stereocenters. The Hall–Kier alpha value is -2.17. The first-order valence-electron chi connectivity index (χ1n) is 7.91. The molecule has 0 amide bonds. The van der Waals surface area contributed by atoms with Gasteiger partial charge >= 0.3 is 0 Å². The van der Waals surface area contributed by atoms with E-state index in [4.69, 9.17) is 11.6 Å². The molecule has 0 fully saturated rings. The van der Waals surface area contributed by atoms with Crippen molar-refractivity contribution in [2.45, 2.75) is 13.0 Å². The van der Waals surface area contributed by atoms with Crippen LogP contribution in [0.15, 0.2) is 42.7 Å². The maximum atomic E-state index is 14.7. The minimum Gasteiger partial charge on any atom is -0.317 e. The molecule has 0 saturated carbocycles. The Morgan fingerprint density at radius 1 is 1.25 bits per heavy atom. The molecule has 3 aromatic rings. The fraction of sp³-hybridized carbons (Fsp3) is 0.211. The largest absolute Gasteiger partial charge is 0.317 e. The number of fused-ring (bicyclic) bond motifs is 3. The van der Waals surface area contributed by atoms with Crippen molar-refractivity contribution in [3.8, 4) is 0 Å². The van der Waals surface area contributed by atoms with Crippen molar-refractivity contribution < 1.29 is 4.39 Å². The highest BCUT2D eigenvalue weighted by Crippen LogP contribution is 2.33. The quantitative estimate of drug-likeness (QED) is 0.679. The Morgan fingerprint density at radius 3 is 2.83 bits per heavy atom. The minimum atomic E-state index is -0.272. The lowest BCUT2D eigenvalue weighted by molar-refractivity contribution is 0.312. The number of rotatable bonds is 2. The van der Waals surface area contributed by atoms with E-state index in [0.29, 0.717) is 10.6 Å².